The fourth-order valence-electron chi connectivity index (χ4n) is 2.12. The van der Waals surface area contributed by atoms with Crippen LogP contribution in [0, 0.1) is 5.82 Å². The molecule has 0 N–H and O–H groups in total. The second kappa shape index (κ2) is 6.75. The fourth-order valence-corrected chi connectivity index (χ4v) is 2.79. The van der Waals surface area contributed by atoms with Gasteiger partial charge in [0.25, 0.3) is 0 Å². The van der Waals surface area contributed by atoms with Crippen LogP contribution >= 0.6 is 11.3 Å². The number of rotatable bonds is 5. The highest BCUT2D eigenvalue weighted by molar-refractivity contribution is 7.12. The minimum absolute atomic E-state index is 0.110. The Morgan fingerprint density at radius 1 is 1.25 bits per heavy atom. The van der Waals surface area contributed by atoms with Gasteiger partial charge in [0.1, 0.15) is 17.4 Å². The van der Waals surface area contributed by atoms with E-state index in [1.54, 1.807) is 37.4 Å². The van der Waals surface area contributed by atoms with Gasteiger partial charge in [0, 0.05) is 19.2 Å². The Hall–Kier alpha value is -2.81. The van der Waals surface area contributed by atoms with Crippen molar-refractivity contribution in [3.05, 3.63) is 63.6 Å². The predicted octanol–water partition coefficient (Wildman–Crippen LogP) is 1.29. The minimum atomic E-state index is -0.495. The third kappa shape index (κ3) is 3.25. The number of benzene rings is 1. The maximum Gasteiger partial charge on any atom is 0.369 e. The van der Waals surface area contributed by atoms with Crippen molar-refractivity contribution < 1.29 is 9.18 Å². The SMILES string of the molecule is CN(Cc1ccccc1F)C(=O)Cn1nnn(-c2cccs2)c1=O. The molecule has 2 aromatic heterocycles. The first-order valence-corrected chi connectivity index (χ1v) is 7.98. The monoisotopic (exact) mass is 347 g/mol. The molecular formula is C15H14FN5O2S. The lowest BCUT2D eigenvalue weighted by atomic mass is 10.2. The average Bonchev–Trinajstić information content (AvgIpc) is 3.20. The van der Waals surface area contributed by atoms with Gasteiger partial charge in [-0.15, -0.1) is 11.3 Å². The van der Waals surface area contributed by atoms with Crippen LogP contribution in [-0.2, 0) is 17.9 Å². The summed E-state index contributed by atoms with van der Waals surface area (Å²) in [6, 6.07) is 9.76. The molecule has 124 valence electrons. The molecule has 0 aliphatic rings. The number of halogens is 1. The van der Waals surface area contributed by atoms with Gasteiger partial charge < -0.3 is 4.90 Å². The number of amides is 1. The molecule has 9 heteroatoms. The van der Waals surface area contributed by atoms with Gasteiger partial charge in [-0.25, -0.2) is 9.18 Å². The highest BCUT2D eigenvalue weighted by Crippen LogP contribution is 2.11. The molecule has 0 atom stereocenters. The van der Waals surface area contributed by atoms with Crippen molar-refractivity contribution in [3.8, 4) is 5.00 Å². The maximum atomic E-state index is 13.6. The van der Waals surface area contributed by atoms with Crippen molar-refractivity contribution in [1.82, 2.24) is 24.7 Å². The smallest absolute Gasteiger partial charge is 0.340 e. The normalized spacial score (nSPS) is 10.8. The summed E-state index contributed by atoms with van der Waals surface area (Å²) in [6.07, 6.45) is 0. The second-order valence-corrected chi connectivity index (χ2v) is 6.05. The van der Waals surface area contributed by atoms with Gasteiger partial charge in [0.05, 0.1) is 0 Å². The quantitative estimate of drug-likeness (QED) is 0.697. The van der Waals surface area contributed by atoms with Crippen LogP contribution in [0.25, 0.3) is 5.00 Å². The molecule has 3 rings (SSSR count). The van der Waals surface area contributed by atoms with Crippen LogP contribution in [0.1, 0.15) is 5.56 Å². The average molecular weight is 347 g/mol. The fraction of sp³-hybridized carbons (Fsp3) is 0.200. The van der Waals surface area contributed by atoms with Crippen LogP contribution in [0.15, 0.2) is 46.6 Å². The van der Waals surface area contributed by atoms with E-state index in [0.717, 1.165) is 9.36 Å². The van der Waals surface area contributed by atoms with Gasteiger partial charge in [-0.1, -0.05) is 18.2 Å². The van der Waals surface area contributed by atoms with Gasteiger partial charge in [-0.3, -0.25) is 4.79 Å². The molecule has 1 aromatic carbocycles. The van der Waals surface area contributed by atoms with Gasteiger partial charge in [-0.2, -0.15) is 9.36 Å². The zero-order valence-corrected chi connectivity index (χ0v) is 13.6. The summed E-state index contributed by atoms with van der Waals surface area (Å²) in [5.41, 5.74) is -0.0898. The molecule has 3 aromatic rings. The van der Waals surface area contributed by atoms with Crippen molar-refractivity contribution >= 4 is 17.2 Å². The molecule has 0 aliphatic heterocycles. The summed E-state index contributed by atoms with van der Waals surface area (Å²) in [5, 5.41) is 9.92. The molecule has 1 amide bonds. The van der Waals surface area contributed by atoms with Gasteiger partial charge >= 0.3 is 5.69 Å². The topological polar surface area (TPSA) is 73.0 Å². The lowest BCUT2D eigenvalue weighted by Gasteiger charge is -2.17. The Balaban J connectivity index is 1.71. The Morgan fingerprint density at radius 2 is 2.04 bits per heavy atom. The predicted molar refractivity (Wildman–Crippen MR) is 86.4 cm³/mol. The van der Waals surface area contributed by atoms with E-state index < -0.39 is 5.69 Å². The van der Waals surface area contributed by atoms with E-state index in [0.29, 0.717) is 10.6 Å². The molecule has 2 heterocycles. The molecule has 0 spiro atoms. The Bertz CT molecular complexity index is 903. The summed E-state index contributed by atoms with van der Waals surface area (Å²) in [7, 11) is 1.55. The number of nitrogens with zero attached hydrogens (tertiary/aromatic N) is 5. The molecule has 7 nitrogen and oxygen atoms in total. The summed E-state index contributed by atoms with van der Waals surface area (Å²) in [4.78, 5) is 25.8. The number of tetrazole rings is 1. The zero-order valence-electron chi connectivity index (χ0n) is 12.8. The molecule has 0 radical (unpaired) electrons. The van der Waals surface area contributed by atoms with Gasteiger partial charge in [0.2, 0.25) is 5.91 Å². The van der Waals surface area contributed by atoms with Crippen LogP contribution < -0.4 is 5.69 Å². The second-order valence-electron chi connectivity index (χ2n) is 5.12. The van der Waals surface area contributed by atoms with E-state index in [9.17, 15) is 14.0 Å². The molecule has 0 saturated carbocycles. The first kappa shape index (κ1) is 16.1. The lowest BCUT2D eigenvalue weighted by molar-refractivity contribution is -0.131. The zero-order chi connectivity index (χ0) is 17.1. The molecule has 0 unspecified atom stereocenters. The van der Waals surface area contributed by atoms with E-state index in [-0.39, 0.29) is 24.8 Å². The van der Waals surface area contributed by atoms with E-state index in [1.165, 1.54) is 22.3 Å². The number of aromatic nitrogens is 4. The molecule has 0 aliphatic carbocycles. The van der Waals surface area contributed by atoms with E-state index in [1.807, 2.05) is 5.38 Å². The number of likely N-dealkylation sites (N-methyl/N-ethyl adjacent to an activating group) is 1. The number of hydrogen-bond acceptors (Lipinski definition) is 5. The van der Waals surface area contributed by atoms with Crippen LogP contribution in [0.4, 0.5) is 4.39 Å². The summed E-state index contributed by atoms with van der Waals surface area (Å²) in [6.45, 7) is -0.144. The minimum Gasteiger partial charge on any atom is -0.340 e. The highest BCUT2D eigenvalue weighted by Gasteiger charge is 2.16. The lowest BCUT2D eigenvalue weighted by Crippen LogP contribution is -2.34. The standard InChI is InChI=1S/C15H14FN5O2S/c1-19(9-11-5-2-3-6-12(11)16)13(22)10-20-15(23)21(18-17-20)14-7-4-8-24-14/h2-8H,9-10H2,1H3. The van der Waals surface area contributed by atoms with Gasteiger partial charge in [-0.05, 0) is 34.0 Å². The van der Waals surface area contributed by atoms with Crippen molar-refractivity contribution in [2.24, 2.45) is 0 Å². The third-order valence-corrected chi connectivity index (χ3v) is 4.27. The Morgan fingerprint density at radius 3 is 2.75 bits per heavy atom. The van der Waals surface area contributed by atoms with Crippen LogP contribution in [0.3, 0.4) is 0 Å². The van der Waals surface area contributed by atoms with E-state index >= 15 is 0 Å². The molecular weight excluding hydrogens is 333 g/mol. The third-order valence-electron chi connectivity index (χ3n) is 3.43. The first-order chi connectivity index (χ1) is 11.6. The molecule has 0 fully saturated rings. The van der Waals surface area contributed by atoms with Crippen LogP contribution in [-0.4, -0.2) is 37.6 Å². The van der Waals surface area contributed by atoms with E-state index in [2.05, 4.69) is 10.4 Å². The first-order valence-electron chi connectivity index (χ1n) is 7.10. The number of hydrogen-bond donors (Lipinski definition) is 0. The number of carbonyl (C=O) groups is 1. The van der Waals surface area contributed by atoms with Crippen molar-refractivity contribution in [3.63, 3.8) is 0 Å². The van der Waals surface area contributed by atoms with Crippen molar-refractivity contribution in [2.75, 3.05) is 7.05 Å². The Labute approximate surface area is 140 Å². The van der Waals surface area contributed by atoms with Crippen molar-refractivity contribution in [1.29, 1.82) is 0 Å². The van der Waals surface area contributed by atoms with Crippen LogP contribution in [0.2, 0.25) is 0 Å². The highest BCUT2D eigenvalue weighted by atomic mass is 32.1. The molecule has 0 bridgehead atoms. The maximum absolute atomic E-state index is 13.6. The van der Waals surface area contributed by atoms with Crippen LogP contribution in [0.5, 0.6) is 0 Å². The van der Waals surface area contributed by atoms with Gasteiger partial charge in [0.15, 0.2) is 0 Å². The summed E-state index contributed by atoms with van der Waals surface area (Å²) < 4.78 is 15.8. The number of carbonyl (C=O) groups excluding carboxylic acids is 1. The summed E-state index contributed by atoms with van der Waals surface area (Å²) in [5.74, 6) is -0.739. The Kier molecular flexibility index (Phi) is 4.52. The summed E-state index contributed by atoms with van der Waals surface area (Å²) >= 11 is 1.34. The largest absolute Gasteiger partial charge is 0.369 e. The molecule has 0 saturated heterocycles. The van der Waals surface area contributed by atoms with Crippen molar-refractivity contribution in [2.45, 2.75) is 13.1 Å². The number of thiophene rings is 1. The van der Waals surface area contributed by atoms with E-state index in [4.69, 9.17) is 0 Å². The molecule has 24 heavy (non-hydrogen) atoms.